The van der Waals surface area contributed by atoms with Gasteiger partial charge in [-0.15, -0.1) is 0 Å². The molecule has 6 heteroatoms. The van der Waals surface area contributed by atoms with Crippen LogP contribution in [0.5, 0.6) is 0 Å². The van der Waals surface area contributed by atoms with E-state index >= 15 is 0 Å². The van der Waals surface area contributed by atoms with Crippen LogP contribution < -0.4 is 11.1 Å². The van der Waals surface area contributed by atoms with E-state index in [9.17, 15) is 8.78 Å². The molecule has 0 saturated heterocycles. The Hall–Kier alpha value is -1.36. The molecule has 2 aromatic carbocycles. The lowest BCUT2D eigenvalue weighted by atomic mass is 10.1. The maximum absolute atomic E-state index is 13.9. The largest absolute Gasteiger partial charge is 0.375 e. The molecule has 2 rings (SSSR count). The molecule has 2 aromatic rings. The van der Waals surface area contributed by atoms with Gasteiger partial charge >= 0.3 is 0 Å². The van der Waals surface area contributed by atoms with E-state index < -0.39 is 17.7 Å². The zero-order valence-corrected chi connectivity index (χ0v) is 11.8. The van der Waals surface area contributed by atoms with Crippen molar-refractivity contribution >= 4 is 28.9 Å². The van der Waals surface area contributed by atoms with Gasteiger partial charge in [0, 0.05) is 17.1 Å². The predicted octanol–water partition coefficient (Wildman–Crippen LogP) is 4.38. The highest BCUT2D eigenvalue weighted by molar-refractivity contribution is 6.33. The molecule has 106 valence electrons. The minimum Gasteiger partial charge on any atom is -0.375 e. The van der Waals surface area contributed by atoms with Crippen LogP contribution in [0, 0.1) is 11.6 Å². The molecule has 2 nitrogen and oxygen atoms in total. The van der Waals surface area contributed by atoms with Crippen LogP contribution in [0.2, 0.25) is 10.0 Å². The summed E-state index contributed by atoms with van der Waals surface area (Å²) in [6.45, 7) is 0.0769. The van der Waals surface area contributed by atoms with Crippen molar-refractivity contribution in [3.63, 3.8) is 0 Å². The molecule has 0 aliphatic rings. The normalized spacial score (nSPS) is 12.2. The molecule has 0 spiro atoms. The predicted molar refractivity (Wildman–Crippen MR) is 78.2 cm³/mol. The maximum Gasteiger partial charge on any atom is 0.130 e. The Morgan fingerprint density at radius 2 is 1.85 bits per heavy atom. The van der Waals surface area contributed by atoms with E-state index in [-0.39, 0.29) is 17.1 Å². The van der Waals surface area contributed by atoms with Crippen molar-refractivity contribution in [2.75, 3.05) is 11.9 Å². The summed E-state index contributed by atoms with van der Waals surface area (Å²) in [4.78, 5) is 0. The van der Waals surface area contributed by atoms with Crippen molar-refractivity contribution in [2.45, 2.75) is 6.04 Å². The van der Waals surface area contributed by atoms with Gasteiger partial charge in [-0.2, -0.15) is 0 Å². The fourth-order valence-corrected chi connectivity index (χ4v) is 2.36. The number of halogens is 4. The molecule has 3 N–H and O–H groups in total. The van der Waals surface area contributed by atoms with Crippen LogP contribution in [0.25, 0.3) is 0 Å². The fraction of sp³-hybridized carbons (Fsp3) is 0.143. The van der Waals surface area contributed by atoms with E-state index in [2.05, 4.69) is 5.32 Å². The number of rotatable bonds is 4. The summed E-state index contributed by atoms with van der Waals surface area (Å²) in [5.74, 6) is -0.930. The van der Waals surface area contributed by atoms with E-state index in [0.717, 1.165) is 0 Å². The van der Waals surface area contributed by atoms with Gasteiger partial charge in [-0.1, -0.05) is 29.3 Å². The maximum atomic E-state index is 13.9. The zero-order valence-electron chi connectivity index (χ0n) is 10.3. The zero-order chi connectivity index (χ0) is 14.7. The molecule has 0 amide bonds. The second-order valence-corrected chi connectivity index (χ2v) is 5.01. The average Bonchev–Trinajstić information content (AvgIpc) is 2.41. The van der Waals surface area contributed by atoms with E-state index in [1.54, 1.807) is 6.07 Å². The molecule has 0 saturated carbocycles. The van der Waals surface area contributed by atoms with Crippen LogP contribution >= 0.6 is 23.2 Å². The Balaban J connectivity index is 2.36. The van der Waals surface area contributed by atoms with Crippen LogP contribution in [0.15, 0.2) is 36.4 Å². The number of nitrogens with one attached hydrogen (secondary N) is 1. The van der Waals surface area contributed by atoms with E-state index in [4.69, 9.17) is 28.9 Å². The van der Waals surface area contributed by atoms with Crippen LogP contribution in [0.1, 0.15) is 11.6 Å². The van der Waals surface area contributed by atoms with Crippen molar-refractivity contribution in [2.24, 2.45) is 5.73 Å². The standard InChI is InChI=1S/C14H12Cl2F2N2/c15-9-5-4-8(17)6-12(9)20-13(7-19)14-10(16)2-1-3-11(14)18/h1-6,13,20H,7,19H2. The van der Waals surface area contributed by atoms with Gasteiger partial charge in [0.05, 0.1) is 16.8 Å². The van der Waals surface area contributed by atoms with Gasteiger partial charge in [0.1, 0.15) is 11.6 Å². The Labute approximate surface area is 125 Å². The minimum atomic E-state index is -0.608. The van der Waals surface area contributed by atoms with Gasteiger partial charge in [-0.25, -0.2) is 8.78 Å². The summed E-state index contributed by atoms with van der Waals surface area (Å²) in [5, 5.41) is 3.48. The first-order valence-electron chi connectivity index (χ1n) is 5.88. The van der Waals surface area contributed by atoms with Crippen molar-refractivity contribution in [1.82, 2.24) is 0 Å². The van der Waals surface area contributed by atoms with Gasteiger partial charge in [0.25, 0.3) is 0 Å². The third kappa shape index (κ3) is 3.20. The molecule has 0 aliphatic heterocycles. The molecule has 0 bridgehead atoms. The summed E-state index contributed by atoms with van der Waals surface area (Å²) < 4.78 is 27.1. The van der Waals surface area contributed by atoms with Crippen molar-refractivity contribution in [3.05, 3.63) is 63.6 Å². The lowest BCUT2D eigenvalue weighted by Gasteiger charge is -2.21. The number of anilines is 1. The Morgan fingerprint density at radius 3 is 2.50 bits per heavy atom. The number of hydrogen-bond acceptors (Lipinski definition) is 2. The summed E-state index contributed by atoms with van der Waals surface area (Å²) in [5.41, 5.74) is 6.22. The summed E-state index contributed by atoms with van der Waals surface area (Å²) in [6.07, 6.45) is 0. The van der Waals surface area contributed by atoms with Crippen molar-refractivity contribution in [1.29, 1.82) is 0 Å². The first-order chi connectivity index (χ1) is 9.52. The SMILES string of the molecule is NCC(Nc1cc(F)ccc1Cl)c1c(F)cccc1Cl. The van der Waals surface area contributed by atoms with Crippen molar-refractivity contribution < 1.29 is 8.78 Å². The van der Waals surface area contributed by atoms with Gasteiger partial charge in [-0.3, -0.25) is 0 Å². The molecule has 1 atom stereocenters. The van der Waals surface area contributed by atoms with Crippen LogP contribution in [-0.4, -0.2) is 6.54 Å². The first-order valence-corrected chi connectivity index (χ1v) is 6.64. The second-order valence-electron chi connectivity index (χ2n) is 4.19. The summed E-state index contributed by atoms with van der Waals surface area (Å²) >= 11 is 12.0. The molecule has 0 heterocycles. The van der Waals surface area contributed by atoms with Gasteiger partial charge in [0.15, 0.2) is 0 Å². The molecule has 0 radical (unpaired) electrons. The Kier molecular flexibility index (Phi) is 4.81. The van der Waals surface area contributed by atoms with Gasteiger partial charge < -0.3 is 11.1 Å². The van der Waals surface area contributed by atoms with Crippen molar-refractivity contribution in [3.8, 4) is 0 Å². The highest BCUT2D eigenvalue weighted by Gasteiger charge is 2.18. The van der Waals surface area contributed by atoms with Gasteiger partial charge in [-0.05, 0) is 30.3 Å². The lowest BCUT2D eigenvalue weighted by molar-refractivity contribution is 0.593. The Morgan fingerprint density at radius 1 is 1.10 bits per heavy atom. The van der Waals surface area contributed by atoms with Crippen LogP contribution in [-0.2, 0) is 0 Å². The monoisotopic (exact) mass is 316 g/mol. The topological polar surface area (TPSA) is 38.0 Å². The lowest BCUT2D eigenvalue weighted by Crippen LogP contribution is -2.22. The second kappa shape index (κ2) is 6.39. The average molecular weight is 317 g/mol. The van der Waals surface area contributed by atoms with E-state index in [1.807, 2.05) is 0 Å². The highest BCUT2D eigenvalue weighted by atomic mass is 35.5. The van der Waals surface area contributed by atoms with Crippen LogP contribution in [0.4, 0.5) is 14.5 Å². The number of hydrogen-bond donors (Lipinski definition) is 2. The molecular weight excluding hydrogens is 305 g/mol. The fourth-order valence-electron chi connectivity index (χ4n) is 1.89. The van der Waals surface area contributed by atoms with Crippen LogP contribution in [0.3, 0.4) is 0 Å². The molecule has 1 unspecified atom stereocenters. The van der Waals surface area contributed by atoms with E-state index in [1.165, 1.54) is 30.3 Å². The number of nitrogens with two attached hydrogens (primary N) is 1. The molecule has 0 fully saturated rings. The smallest absolute Gasteiger partial charge is 0.130 e. The van der Waals surface area contributed by atoms with E-state index in [0.29, 0.717) is 10.7 Å². The highest BCUT2D eigenvalue weighted by Crippen LogP contribution is 2.31. The summed E-state index contributed by atoms with van der Waals surface area (Å²) in [7, 11) is 0. The molecule has 0 aliphatic carbocycles. The molecular formula is C14H12Cl2F2N2. The van der Waals surface area contributed by atoms with Gasteiger partial charge in [0.2, 0.25) is 0 Å². The first kappa shape index (κ1) is 15.0. The molecule has 0 aromatic heterocycles. The third-order valence-corrected chi connectivity index (χ3v) is 3.50. The third-order valence-electron chi connectivity index (χ3n) is 2.84. The number of benzene rings is 2. The summed E-state index contributed by atoms with van der Waals surface area (Å²) in [6, 6.07) is 7.62. The molecule has 20 heavy (non-hydrogen) atoms. The minimum absolute atomic E-state index is 0.0769. The quantitative estimate of drug-likeness (QED) is 0.878. The Bertz CT molecular complexity index is 600.